The van der Waals surface area contributed by atoms with E-state index in [0.717, 1.165) is 4.90 Å². The summed E-state index contributed by atoms with van der Waals surface area (Å²) in [6.07, 6.45) is -4.89. The number of anilines is 2. The number of nitrogens with zero attached hydrogens (tertiary/aromatic N) is 2. The highest BCUT2D eigenvalue weighted by Crippen LogP contribution is 2.32. The van der Waals surface area contributed by atoms with Gasteiger partial charge in [-0.1, -0.05) is 34.8 Å². The van der Waals surface area contributed by atoms with Gasteiger partial charge in [0.25, 0.3) is 5.91 Å². The summed E-state index contributed by atoms with van der Waals surface area (Å²) in [5.41, 5.74) is 1.60. The van der Waals surface area contributed by atoms with Crippen molar-refractivity contribution >= 4 is 58.0 Å². The molecule has 1 fully saturated rings. The molecular formula is C23H17Cl3F3N3O3. The molecule has 3 aromatic rings. The van der Waals surface area contributed by atoms with Crippen LogP contribution in [-0.2, 0) is 4.79 Å². The van der Waals surface area contributed by atoms with Gasteiger partial charge in [0.05, 0.1) is 10.7 Å². The zero-order valence-corrected chi connectivity index (χ0v) is 20.1. The minimum absolute atomic E-state index is 0.0572. The molecule has 0 saturated carbocycles. The van der Waals surface area contributed by atoms with E-state index in [4.69, 9.17) is 39.2 Å². The number of hydrogen-bond donors (Lipinski definition) is 1. The van der Waals surface area contributed by atoms with Crippen LogP contribution in [0.5, 0.6) is 0 Å². The number of alkyl halides is 3. The average molecular weight is 547 g/mol. The Morgan fingerprint density at radius 2 is 1.54 bits per heavy atom. The number of halogens is 6. The molecule has 1 aliphatic heterocycles. The van der Waals surface area contributed by atoms with E-state index in [2.05, 4.69) is 5.32 Å². The summed E-state index contributed by atoms with van der Waals surface area (Å²) in [7, 11) is 0. The fourth-order valence-electron chi connectivity index (χ4n) is 3.67. The summed E-state index contributed by atoms with van der Waals surface area (Å²) in [6.45, 7) is 0.226. The fourth-order valence-corrected chi connectivity index (χ4v) is 4.50. The molecule has 2 heterocycles. The highest BCUT2D eigenvalue weighted by atomic mass is 35.5. The standard InChI is InChI=1S/C23H17Cl3F3N3O3/c24-14-9-13(10-15(25)11-14)19-3-4-20(35-19)21(33)30-16-1-2-18(17(26)12-16)31-5-7-32(8-6-31)22(34)23(27,28)29/h1-4,9-12H,5-8H2,(H,30,33). The molecule has 1 N–H and O–H groups in total. The van der Waals surface area contributed by atoms with Crippen molar-refractivity contribution in [2.75, 3.05) is 36.4 Å². The van der Waals surface area contributed by atoms with Crippen LogP contribution in [-0.4, -0.2) is 49.1 Å². The molecule has 1 aromatic heterocycles. The molecule has 2 amide bonds. The van der Waals surface area contributed by atoms with Crippen LogP contribution < -0.4 is 10.2 Å². The lowest BCUT2D eigenvalue weighted by molar-refractivity contribution is -0.185. The molecule has 1 saturated heterocycles. The highest BCUT2D eigenvalue weighted by molar-refractivity contribution is 6.35. The first-order valence-corrected chi connectivity index (χ1v) is 11.4. The molecule has 0 aliphatic carbocycles. The lowest BCUT2D eigenvalue weighted by atomic mass is 10.2. The van der Waals surface area contributed by atoms with E-state index < -0.39 is 18.0 Å². The summed E-state index contributed by atoms with van der Waals surface area (Å²) < 4.78 is 43.5. The lowest BCUT2D eigenvalue weighted by Crippen LogP contribution is -2.52. The van der Waals surface area contributed by atoms with E-state index in [1.165, 1.54) is 12.1 Å². The van der Waals surface area contributed by atoms with Gasteiger partial charge < -0.3 is 19.5 Å². The largest absolute Gasteiger partial charge is 0.471 e. The Labute approximate surface area is 213 Å². The van der Waals surface area contributed by atoms with Gasteiger partial charge in [-0.3, -0.25) is 9.59 Å². The van der Waals surface area contributed by atoms with E-state index in [1.54, 1.807) is 41.3 Å². The second-order valence-electron chi connectivity index (χ2n) is 7.72. The summed E-state index contributed by atoms with van der Waals surface area (Å²) >= 11 is 18.4. The van der Waals surface area contributed by atoms with Gasteiger partial charge in [0.15, 0.2) is 5.76 Å². The van der Waals surface area contributed by atoms with Gasteiger partial charge in [-0.15, -0.1) is 0 Å². The van der Waals surface area contributed by atoms with E-state index in [9.17, 15) is 22.8 Å². The Hall–Kier alpha value is -2.88. The smallest absolute Gasteiger partial charge is 0.451 e. The van der Waals surface area contributed by atoms with Gasteiger partial charge >= 0.3 is 12.1 Å². The Morgan fingerprint density at radius 3 is 2.14 bits per heavy atom. The molecule has 0 unspecified atom stereocenters. The molecule has 2 aromatic carbocycles. The van der Waals surface area contributed by atoms with Crippen molar-refractivity contribution in [1.29, 1.82) is 0 Å². The van der Waals surface area contributed by atoms with Crippen molar-refractivity contribution in [2.24, 2.45) is 0 Å². The normalized spacial score (nSPS) is 14.2. The molecule has 0 radical (unpaired) electrons. The van der Waals surface area contributed by atoms with Gasteiger partial charge in [0, 0.05) is 47.5 Å². The van der Waals surface area contributed by atoms with Crippen LogP contribution in [0, 0.1) is 0 Å². The van der Waals surface area contributed by atoms with Crippen molar-refractivity contribution in [3.8, 4) is 11.3 Å². The Balaban J connectivity index is 1.40. The summed E-state index contributed by atoms with van der Waals surface area (Å²) in [6, 6.07) is 12.8. The molecule has 1 aliphatic rings. The van der Waals surface area contributed by atoms with Gasteiger partial charge in [-0.05, 0) is 48.5 Å². The van der Waals surface area contributed by atoms with Crippen LogP contribution >= 0.6 is 34.8 Å². The minimum Gasteiger partial charge on any atom is -0.451 e. The second kappa shape index (κ2) is 10.0. The second-order valence-corrected chi connectivity index (χ2v) is 9.00. The Kier molecular flexibility index (Phi) is 7.21. The monoisotopic (exact) mass is 545 g/mol. The first-order chi connectivity index (χ1) is 16.5. The third-order valence-electron chi connectivity index (χ3n) is 5.33. The molecule has 6 nitrogen and oxygen atoms in total. The number of carbonyl (C=O) groups excluding carboxylic acids is 2. The molecular weight excluding hydrogens is 530 g/mol. The van der Waals surface area contributed by atoms with Crippen molar-refractivity contribution in [2.45, 2.75) is 6.18 Å². The molecule has 12 heteroatoms. The number of piperazine rings is 1. The van der Waals surface area contributed by atoms with Crippen molar-refractivity contribution in [3.63, 3.8) is 0 Å². The van der Waals surface area contributed by atoms with Gasteiger partial charge in [-0.25, -0.2) is 0 Å². The molecule has 35 heavy (non-hydrogen) atoms. The highest BCUT2D eigenvalue weighted by Gasteiger charge is 2.43. The molecule has 0 atom stereocenters. The predicted molar refractivity (Wildman–Crippen MR) is 128 cm³/mol. The molecule has 0 spiro atoms. The zero-order chi connectivity index (χ0) is 25.3. The Bertz CT molecular complexity index is 1250. The Morgan fingerprint density at radius 1 is 0.886 bits per heavy atom. The third kappa shape index (κ3) is 5.86. The van der Waals surface area contributed by atoms with Crippen LogP contribution in [0.1, 0.15) is 10.6 Å². The van der Waals surface area contributed by atoms with Crippen molar-refractivity contribution in [1.82, 2.24) is 4.90 Å². The van der Waals surface area contributed by atoms with Gasteiger partial charge in [-0.2, -0.15) is 13.2 Å². The van der Waals surface area contributed by atoms with E-state index >= 15 is 0 Å². The summed E-state index contributed by atoms with van der Waals surface area (Å²) in [5, 5.41) is 3.85. The quantitative estimate of drug-likeness (QED) is 0.413. The first-order valence-electron chi connectivity index (χ1n) is 10.3. The van der Waals surface area contributed by atoms with Crippen LogP contribution in [0.15, 0.2) is 52.9 Å². The van der Waals surface area contributed by atoms with Crippen LogP contribution in [0.25, 0.3) is 11.3 Å². The number of nitrogens with one attached hydrogen (secondary N) is 1. The fraction of sp³-hybridized carbons (Fsp3) is 0.217. The number of hydrogen-bond acceptors (Lipinski definition) is 4. The van der Waals surface area contributed by atoms with E-state index in [0.29, 0.717) is 37.8 Å². The average Bonchev–Trinajstić information content (AvgIpc) is 3.28. The minimum atomic E-state index is -4.89. The third-order valence-corrected chi connectivity index (χ3v) is 6.07. The van der Waals surface area contributed by atoms with Crippen LogP contribution in [0.4, 0.5) is 24.5 Å². The summed E-state index contributed by atoms with van der Waals surface area (Å²) in [4.78, 5) is 26.6. The number of carbonyl (C=O) groups is 2. The molecule has 184 valence electrons. The number of rotatable bonds is 4. The maximum atomic E-state index is 12.6. The summed E-state index contributed by atoms with van der Waals surface area (Å²) in [5.74, 6) is -1.88. The SMILES string of the molecule is O=C(Nc1ccc(N2CCN(C(=O)C(F)(F)F)CC2)c(Cl)c1)c1ccc(-c2cc(Cl)cc(Cl)c2)o1. The van der Waals surface area contributed by atoms with Crippen molar-refractivity contribution < 1.29 is 27.2 Å². The number of benzene rings is 2. The number of amides is 2. The molecule has 0 bridgehead atoms. The van der Waals surface area contributed by atoms with Crippen LogP contribution in [0.3, 0.4) is 0 Å². The lowest BCUT2D eigenvalue weighted by Gasteiger charge is -2.36. The topological polar surface area (TPSA) is 65.8 Å². The van der Waals surface area contributed by atoms with Crippen molar-refractivity contribution in [3.05, 3.63) is 69.4 Å². The van der Waals surface area contributed by atoms with Crippen LogP contribution in [0.2, 0.25) is 15.1 Å². The van der Waals surface area contributed by atoms with E-state index in [-0.39, 0.29) is 31.9 Å². The van der Waals surface area contributed by atoms with E-state index in [1.807, 2.05) is 0 Å². The maximum absolute atomic E-state index is 12.6. The molecule has 4 rings (SSSR count). The van der Waals surface area contributed by atoms with Gasteiger partial charge in [0.1, 0.15) is 5.76 Å². The predicted octanol–water partition coefficient (Wildman–Crippen LogP) is 6.37. The maximum Gasteiger partial charge on any atom is 0.471 e. The first kappa shape index (κ1) is 25.2. The van der Waals surface area contributed by atoms with Gasteiger partial charge in [0.2, 0.25) is 0 Å². The zero-order valence-electron chi connectivity index (χ0n) is 17.8. The number of furan rings is 1.